The van der Waals surface area contributed by atoms with Crippen molar-refractivity contribution in [3.63, 3.8) is 0 Å². The second kappa shape index (κ2) is 8.84. The number of nitrogens with zero attached hydrogens (tertiary/aromatic N) is 4. The van der Waals surface area contributed by atoms with Crippen molar-refractivity contribution in [2.75, 3.05) is 12.5 Å². The lowest BCUT2D eigenvalue weighted by molar-refractivity contribution is 0.140. The maximum absolute atomic E-state index is 15.0. The van der Waals surface area contributed by atoms with E-state index < -0.39 is 15.5 Å². The van der Waals surface area contributed by atoms with Crippen molar-refractivity contribution in [2.45, 2.75) is 44.2 Å². The van der Waals surface area contributed by atoms with Crippen molar-refractivity contribution >= 4 is 26.3 Å². The molecule has 9 heteroatoms. The zero-order chi connectivity index (χ0) is 22.0. The molecule has 0 aliphatic heterocycles. The molecule has 1 saturated carbocycles. The number of rotatable bonds is 5. The monoisotopic (exact) mass is 443 g/mol. The zero-order valence-corrected chi connectivity index (χ0v) is 18.4. The van der Waals surface area contributed by atoms with Crippen LogP contribution in [0.25, 0.3) is 10.9 Å². The summed E-state index contributed by atoms with van der Waals surface area (Å²) in [6.45, 7) is 0. The largest absolute Gasteiger partial charge is 0.474 e. The van der Waals surface area contributed by atoms with E-state index in [9.17, 15) is 4.21 Å². The first-order valence-electron chi connectivity index (χ1n) is 10.2. The van der Waals surface area contributed by atoms with Gasteiger partial charge < -0.3 is 10.5 Å². The van der Waals surface area contributed by atoms with Crippen LogP contribution in [0, 0.1) is 5.82 Å². The highest BCUT2D eigenvalue weighted by Gasteiger charge is 2.22. The van der Waals surface area contributed by atoms with Crippen molar-refractivity contribution in [3.05, 3.63) is 53.9 Å². The lowest BCUT2D eigenvalue weighted by atomic mass is 9.94. The maximum atomic E-state index is 15.0. The SMILES string of the molecule is CS(C)(=O)=Nc1cc(F)c2c(Cc3cccnc3OC3CCC(N)CC3)ncnc2c1. The minimum atomic E-state index is -2.41. The number of ether oxygens (including phenoxy) is 1. The van der Waals surface area contributed by atoms with Crippen molar-refractivity contribution in [2.24, 2.45) is 10.1 Å². The van der Waals surface area contributed by atoms with Crippen molar-refractivity contribution < 1.29 is 13.3 Å². The second-order valence-corrected chi connectivity index (χ2v) is 10.8. The summed E-state index contributed by atoms with van der Waals surface area (Å²) >= 11 is 0. The second-order valence-electron chi connectivity index (χ2n) is 8.21. The molecule has 164 valence electrons. The minimum absolute atomic E-state index is 0.0782. The first-order valence-corrected chi connectivity index (χ1v) is 12.6. The number of pyridine rings is 1. The molecule has 0 atom stereocenters. The van der Waals surface area contributed by atoms with E-state index in [0.29, 0.717) is 34.6 Å². The molecule has 1 aromatic carbocycles. The normalized spacial score (nSPS) is 19.4. The average molecular weight is 444 g/mol. The Balaban J connectivity index is 1.66. The highest BCUT2D eigenvalue weighted by atomic mass is 32.2. The molecule has 31 heavy (non-hydrogen) atoms. The summed E-state index contributed by atoms with van der Waals surface area (Å²) in [4.78, 5) is 12.9. The zero-order valence-electron chi connectivity index (χ0n) is 17.6. The molecule has 4 rings (SSSR count). The molecule has 0 radical (unpaired) electrons. The van der Waals surface area contributed by atoms with Crippen LogP contribution in [0.2, 0.25) is 0 Å². The summed E-state index contributed by atoms with van der Waals surface area (Å²) in [6, 6.07) is 6.88. The Morgan fingerprint density at radius 3 is 2.71 bits per heavy atom. The molecule has 1 aliphatic carbocycles. The molecule has 2 aromatic heterocycles. The van der Waals surface area contributed by atoms with Crippen LogP contribution < -0.4 is 10.5 Å². The predicted molar refractivity (Wildman–Crippen MR) is 119 cm³/mol. The van der Waals surface area contributed by atoms with Crippen LogP contribution in [0.15, 0.2) is 41.2 Å². The van der Waals surface area contributed by atoms with Gasteiger partial charge >= 0.3 is 0 Å². The van der Waals surface area contributed by atoms with Gasteiger partial charge in [-0.25, -0.2) is 23.6 Å². The molecule has 1 aliphatic rings. The summed E-state index contributed by atoms with van der Waals surface area (Å²) in [5, 5.41) is 0.318. The van der Waals surface area contributed by atoms with Crippen molar-refractivity contribution in [1.29, 1.82) is 0 Å². The Labute approximate surface area is 181 Å². The Morgan fingerprint density at radius 1 is 1.19 bits per heavy atom. The molecule has 0 saturated heterocycles. The summed E-state index contributed by atoms with van der Waals surface area (Å²) in [5.74, 6) is 0.0431. The van der Waals surface area contributed by atoms with E-state index >= 15 is 4.39 Å². The first kappa shape index (κ1) is 21.6. The molecule has 0 unspecified atom stereocenters. The van der Waals surface area contributed by atoms with E-state index in [0.717, 1.165) is 31.2 Å². The van der Waals surface area contributed by atoms with E-state index in [1.165, 1.54) is 24.9 Å². The first-order chi connectivity index (χ1) is 14.8. The summed E-state index contributed by atoms with van der Waals surface area (Å²) < 4.78 is 37.2. The molecule has 1 fully saturated rings. The fourth-order valence-corrected chi connectivity index (χ4v) is 4.45. The van der Waals surface area contributed by atoms with Crippen LogP contribution in [0.4, 0.5) is 10.1 Å². The van der Waals surface area contributed by atoms with Crippen LogP contribution >= 0.6 is 0 Å². The molecule has 2 N–H and O–H groups in total. The minimum Gasteiger partial charge on any atom is -0.474 e. The van der Waals surface area contributed by atoms with E-state index in [-0.39, 0.29) is 12.1 Å². The number of hydrogen-bond acceptors (Lipinski definition) is 7. The van der Waals surface area contributed by atoms with Gasteiger partial charge in [-0.15, -0.1) is 0 Å². The topological polar surface area (TPSA) is 103 Å². The number of hydrogen-bond donors (Lipinski definition) is 1. The van der Waals surface area contributed by atoms with E-state index in [1.54, 1.807) is 12.3 Å². The quantitative estimate of drug-likeness (QED) is 0.644. The molecule has 7 nitrogen and oxygen atoms in total. The fourth-order valence-electron chi connectivity index (χ4n) is 3.84. The predicted octanol–water partition coefficient (Wildman–Crippen LogP) is 3.76. The summed E-state index contributed by atoms with van der Waals surface area (Å²) in [7, 11) is -2.41. The van der Waals surface area contributed by atoms with Gasteiger partial charge in [0.05, 0.1) is 22.3 Å². The molecular weight excluding hydrogens is 417 g/mol. The fraction of sp³-hybridized carbons (Fsp3) is 0.409. The number of halogens is 1. The molecular formula is C22H26FN5O2S. The Kier molecular flexibility index (Phi) is 6.15. The average Bonchev–Trinajstić information content (AvgIpc) is 2.70. The Hall–Kier alpha value is -2.65. The van der Waals surface area contributed by atoms with Gasteiger partial charge in [0.15, 0.2) is 0 Å². The van der Waals surface area contributed by atoms with Gasteiger partial charge in [-0.05, 0) is 37.8 Å². The molecule has 2 heterocycles. The van der Waals surface area contributed by atoms with E-state index in [1.807, 2.05) is 12.1 Å². The third kappa shape index (κ3) is 5.34. The third-order valence-electron chi connectivity index (χ3n) is 5.28. The molecule has 0 amide bonds. The number of nitrogens with two attached hydrogens (primary N) is 1. The van der Waals surface area contributed by atoms with E-state index in [4.69, 9.17) is 10.5 Å². The van der Waals surface area contributed by atoms with Crippen LogP contribution in [0.1, 0.15) is 36.9 Å². The van der Waals surface area contributed by atoms with Gasteiger partial charge in [0.25, 0.3) is 0 Å². The standard InChI is InChI=1S/C22H26FN5O2S/c1-31(2,29)28-16-11-18(23)21-19(26-13-27-20(21)12-16)10-14-4-3-9-25-22(14)30-17-7-5-15(24)6-8-17/h3-4,9,11-13,15,17H,5-8,10,24H2,1-2H3. The van der Waals surface area contributed by atoms with Gasteiger partial charge in [-0.2, -0.15) is 4.36 Å². The number of fused-ring (bicyclic) bond motifs is 1. The lowest BCUT2D eigenvalue weighted by Gasteiger charge is -2.27. The third-order valence-corrected chi connectivity index (χ3v) is 5.93. The van der Waals surface area contributed by atoms with Crippen molar-refractivity contribution in [3.8, 4) is 5.88 Å². The highest BCUT2D eigenvalue weighted by Crippen LogP contribution is 2.29. The molecule has 3 aromatic rings. The molecule has 0 bridgehead atoms. The maximum Gasteiger partial charge on any atom is 0.217 e. The van der Waals surface area contributed by atoms with Crippen LogP contribution in [-0.4, -0.2) is 43.8 Å². The van der Waals surface area contributed by atoms with Gasteiger partial charge in [-0.1, -0.05) is 6.07 Å². The smallest absolute Gasteiger partial charge is 0.217 e. The number of benzene rings is 1. The van der Waals surface area contributed by atoms with Gasteiger partial charge in [-0.3, -0.25) is 0 Å². The van der Waals surface area contributed by atoms with Crippen LogP contribution in [-0.2, 0) is 16.1 Å². The van der Waals surface area contributed by atoms with Gasteiger partial charge in [0.1, 0.15) is 18.2 Å². The lowest BCUT2D eigenvalue weighted by Crippen LogP contribution is -2.32. The Morgan fingerprint density at radius 2 is 1.97 bits per heavy atom. The molecule has 0 spiro atoms. The summed E-state index contributed by atoms with van der Waals surface area (Å²) in [5.41, 5.74) is 8.07. The van der Waals surface area contributed by atoms with Crippen molar-refractivity contribution in [1.82, 2.24) is 15.0 Å². The van der Waals surface area contributed by atoms with Crippen LogP contribution in [0.3, 0.4) is 0 Å². The van der Waals surface area contributed by atoms with Crippen LogP contribution in [0.5, 0.6) is 5.88 Å². The summed E-state index contributed by atoms with van der Waals surface area (Å²) in [6.07, 6.45) is 10.2. The van der Waals surface area contributed by atoms with E-state index in [2.05, 4.69) is 19.3 Å². The van der Waals surface area contributed by atoms with Gasteiger partial charge in [0, 0.05) is 52.5 Å². The highest BCUT2D eigenvalue weighted by molar-refractivity contribution is 7.92. The number of aromatic nitrogens is 3. The Bertz CT molecular complexity index is 1210. The van der Waals surface area contributed by atoms with Gasteiger partial charge in [0.2, 0.25) is 5.88 Å².